The molecule has 0 amide bonds. The summed E-state index contributed by atoms with van der Waals surface area (Å²) < 4.78 is 28.5. The van der Waals surface area contributed by atoms with E-state index in [9.17, 15) is 8.78 Å². The summed E-state index contributed by atoms with van der Waals surface area (Å²) in [5.41, 5.74) is 5.17. The minimum atomic E-state index is -0.704. The first kappa shape index (κ1) is 17.1. The number of hydrogen-bond donors (Lipinski definition) is 1. The molecule has 0 spiro atoms. The molecule has 0 saturated carbocycles. The predicted octanol–water partition coefficient (Wildman–Crippen LogP) is 5.33. The van der Waals surface area contributed by atoms with Gasteiger partial charge in [0.15, 0.2) is 5.82 Å². The molecule has 0 aliphatic rings. The van der Waals surface area contributed by atoms with Gasteiger partial charge in [-0.1, -0.05) is 30.3 Å². The van der Waals surface area contributed by atoms with Crippen LogP contribution >= 0.6 is 11.3 Å². The number of thiophene rings is 1. The first-order valence-corrected chi connectivity index (χ1v) is 9.02. The second kappa shape index (κ2) is 7.51. The number of hydrazone groups is 1. The summed E-state index contributed by atoms with van der Waals surface area (Å²) >= 11 is 1.57. The van der Waals surface area contributed by atoms with Crippen LogP contribution in [0.1, 0.15) is 5.56 Å². The molecule has 0 atom stereocenters. The van der Waals surface area contributed by atoms with Crippen molar-refractivity contribution in [3.05, 3.63) is 89.4 Å². The van der Waals surface area contributed by atoms with Crippen molar-refractivity contribution in [2.45, 2.75) is 0 Å². The van der Waals surface area contributed by atoms with Crippen molar-refractivity contribution in [1.82, 2.24) is 9.78 Å². The monoisotopic (exact) mass is 380 g/mol. The summed E-state index contributed by atoms with van der Waals surface area (Å²) in [5, 5.41) is 11.7. The molecule has 0 radical (unpaired) electrons. The van der Waals surface area contributed by atoms with Crippen LogP contribution in [0.25, 0.3) is 16.3 Å². The molecule has 0 bridgehead atoms. The Morgan fingerprint density at radius 3 is 2.63 bits per heavy atom. The third-order valence-electron chi connectivity index (χ3n) is 3.84. The first-order valence-electron chi connectivity index (χ1n) is 8.14. The highest BCUT2D eigenvalue weighted by Gasteiger charge is 2.11. The number of anilines is 1. The standard InChI is InChI=1S/C20H14F2N4S/c21-16-8-9-18(17(22)11-16)24-23-12-15-13-26(19-7-4-10-27-19)25-20(15)14-5-2-1-3-6-14/h1-13,24H/b23-12-. The SMILES string of the molecule is Fc1ccc(N/N=C\c2cn(-c3cccs3)nc2-c2ccccc2)c(F)c1. The van der Waals surface area contributed by atoms with E-state index in [1.54, 1.807) is 22.2 Å². The van der Waals surface area contributed by atoms with E-state index in [4.69, 9.17) is 0 Å². The maximum Gasteiger partial charge on any atom is 0.151 e. The Hall–Kier alpha value is -3.32. The molecule has 4 rings (SSSR count). The Kier molecular flexibility index (Phi) is 4.76. The fourth-order valence-corrected chi connectivity index (χ4v) is 3.22. The summed E-state index contributed by atoms with van der Waals surface area (Å²) in [6.45, 7) is 0. The third-order valence-corrected chi connectivity index (χ3v) is 4.70. The summed E-state index contributed by atoms with van der Waals surface area (Å²) in [6.07, 6.45) is 3.43. The molecule has 0 aliphatic heterocycles. The van der Waals surface area contributed by atoms with Gasteiger partial charge in [-0.05, 0) is 29.6 Å². The lowest BCUT2D eigenvalue weighted by molar-refractivity contribution is 0.585. The molecule has 134 valence electrons. The maximum absolute atomic E-state index is 13.7. The van der Waals surface area contributed by atoms with Crippen LogP contribution in [0.4, 0.5) is 14.5 Å². The molecule has 27 heavy (non-hydrogen) atoms. The largest absolute Gasteiger partial charge is 0.276 e. The minimum absolute atomic E-state index is 0.0968. The topological polar surface area (TPSA) is 42.2 Å². The van der Waals surface area contributed by atoms with Crippen molar-refractivity contribution in [3.8, 4) is 16.3 Å². The fourth-order valence-electron chi connectivity index (χ4n) is 2.57. The normalized spacial score (nSPS) is 11.2. The summed E-state index contributed by atoms with van der Waals surface area (Å²) in [4.78, 5) is 0. The van der Waals surface area contributed by atoms with E-state index in [0.717, 1.165) is 27.9 Å². The van der Waals surface area contributed by atoms with Gasteiger partial charge < -0.3 is 0 Å². The lowest BCUT2D eigenvalue weighted by Gasteiger charge is -2.02. The van der Waals surface area contributed by atoms with Gasteiger partial charge in [0, 0.05) is 23.4 Å². The molecule has 0 saturated heterocycles. The number of aromatic nitrogens is 2. The summed E-state index contributed by atoms with van der Waals surface area (Å²) in [5.74, 6) is -1.34. The first-order chi connectivity index (χ1) is 13.2. The van der Waals surface area contributed by atoms with E-state index in [1.165, 1.54) is 12.1 Å². The average Bonchev–Trinajstić information content (AvgIpc) is 3.34. The minimum Gasteiger partial charge on any atom is -0.276 e. The molecular formula is C20H14F2N4S. The quantitative estimate of drug-likeness (QED) is 0.376. The van der Waals surface area contributed by atoms with Crippen LogP contribution in [-0.4, -0.2) is 16.0 Å². The van der Waals surface area contributed by atoms with E-state index in [-0.39, 0.29) is 5.69 Å². The van der Waals surface area contributed by atoms with E-state index >= 15 is 0 Å². The van der Waals surface area contributed by atoms with Crippen molar-refractivity contribution in [2.75, 3.05) is 5.43 Å². The summed E-state index contributed by atoms with van der Waals surface area (Å²) in [7, 11) is 0. The molecule has 4 nitrogen and oxygen atoms in total. The van der Waals surface area contributed by atoms with Crippen LogP contribution in [0.5, 0.6) is 0 Å². The molecule has 2 aromatic heterocycles. The van der Waals surface area contributed by atoms with Crippen LogP contribution < -0.4 is 5.43 Å². The van der Waals surface area contributed by atoms with Gasteiger partial charge in [0.1, 0.15) is 16.5 Å². The average molecular weight is 380 g/mol. The molecule has 2 aromatic carbocycles. The molecule has 2 heterocycles. The Morgan fingerprint density at radius 2 is 1.89 bits per heavy atom. The zero-order valence-corrected chi connectivity index (χ0v) is 14.8. The second-order valence-corrected chi connectivity index (χ2v) is 6.62. The zero-order chi connectivity index (χ0) is 18.6. The van der Waals surface area contributed by atoms with Crippen molar-refractivity contribution >= 4 is 23.2 Å². The van der Waals surface area contributed by atoms with Crippen LogP contribution in [0.3, 0.4) is 0 Å². The Labute approximate surface area is 158 Å². The zero-order valence-electron chi connectivity index (χ0n) is 14.0. The Balaban J connectivity index is 1.66. The lowest BCUT2D eigenvalue weighted by Crippen LogP contribution is -1.94. The second-order valence-electron chi connectivity index (χ2n) is 5.69. The van der Waals surface area contributed by atoms with Gasteiger partial charge >= 0.3 is 0 Å². The molecule has 7 heteroatoms. The molecule has 1 N–H and O–H groups in total. The fraction of sp³-hybridized carbons (Fsp3) is 0. The smallest absolute Gasteiger partial charge is 0.151 e. The van der Waals surface area contributed by atoms with Crippen LogP contribution in [0.15, 0.2) is 77.3 Å². The van der Waals surface area contributed by atoms with Crippen LogP contribution in [0, 0.1) is 11.6 Å². The number of rotatable bonds is 5. The third kappa shape index (κ3) is 3.78. The predicted molar refractivity (Wildman–Crippen MR) is 104 cm³/mol. The molecule has 0 unspecified atom stereocenters. The van der Waals surface area contributed by atoms with Gasteiger partial charge in [-0.3, -0.25) is 5.43 Å². The maximum atomic E-state index is 13.7. The highest BCUT2D eigenvalue weighted by molar-refractivity contribution is 7.12. The van der Waals surface area contributed by atoms with E-state index < -0.39 is 11.6 Å². The van der Waals surface area contributed by atoms with Crippen molar-refractivity contribution in [1.29, 1.82) is 0 Å². The number of halogens is 2. The van der Waals surface area contributed by atoms with Crippen molar-refractivity contribution in [3.63, 3.8) is 0 Å². The number of nitrogens with zero attached hydrogens (tertiary/aromatic N) is 3. The number of nitrogens with one attached hydrogen (secondary N) is 1. The highest BCUT2D eigenvalue weighted by Crippen LogP contribution is 2.24. The molecular weight excluding hydrogens is 366 g/mol. The van der Waals surface area contributed by atoms with Gasteiger partial charge in [0.25, 0.3) is 0 Å². The molecule has 4 aromatic rings. The van der Waals surface area contributed by atoms with E-state index in [1.807, 2.05) is 54.0 Å². The van der Waals surface area contributed by atoms with Gasteiger partial charge in [-0.25, -0.2) is 13.5 Å². The van der Waals surface area contributed by atoms with E-state index in [0.29, 0.717) is 0 Å². The number of hydrogen-bond acceptors (Lipinski definition) is 4. The number of benzene rings is 2. The van der Waals surface area contributed by atoms with Crippen LogP contribution in [-0.2, 0) is 0 Å². The van der Waals surface area contributed by atoms with Crippen molar-refractivity contribution in [2.24, 2.45) is 5.10 Å². The lowest BCUT2D eigenvalue weighted by atomic mass is 10.1. The van der Waals surface area contributed by atoms with Crippen molar-refractivity contribution < 1.29 is 8.78 Å². The van der Waals surface area contributed by atoms with Gasteiger partial charge in [-0.15, -0.1) is 11.3 Å². The van der Waals surface area contributed by atoms with Gasteiger partial charge in [0.05, 0.1) is 11.9 Å². The molecule has 0 fully saturated rings. The van der Waals surface area contributed by atoms with Gasteiger partial charge in [-0.2, -0.15) is 10.2 Å². The highest BCUT2D eigenvalue weighted by atomic mass is 32.1. The molecule has 0 aliphatic carbocycles. The Morgan fingerprint density at radius 1 is 1.04 bits per heavy atom. The van der Waals surface area contributed by atoms with Gasteiger partial charge in [0.2, 0.25) is 0 Å². The summed E-state index contributed by atoms with van der Waals surface area (Å²) in [6, 6.07) is 16.9. The van der Waals surface area contributed by atoms with E-state index in [2.05, 4.69) is 15.6 Å². The Bertz CT molecular complexity index is 1070. The van der Waals surface area contributed by atoms with Crippen LogP contribution in [0.2, 0.25) is 0 Å².